The number of nitrogens with zero attached hydrogens (tertiary/aromatic N) is 2. The largest absolute Gasteiger partial charge is 0.347 e. The predicted octanol–water partition coefficient (Wildman–Crippen LogP) is 4.95. The Morgan fingerprint density at radius 2 is 1.88 bits per heavy atom. The molecule has 1 N–H and O–H groups in total. The summed E-state index contributed by atoms with van der Waals surface area (Å²) in [5.41, 5.74) is 2.32. The molecule has 6 heteroatoms. The summed E-state index contributed by atoms with van der Waals surface area (Å²) in [6.45, 7) is 4.44. The number of rotatable bonds is 3. The number of benzene rings is 2. The highest BCUT2D eigenvalue weighted by molar-refractivity contribution is 9.10. The van der Waals surface area contributed by atoms with Gasteiger partial charge in [0.1, 0.15) is 0 Å². The standard InChI is InChI=1S/C16H13BrClN3O.C2H6/c1-21-14-8-11(17)4-7-13(14)15(20-21)16(22)19-9-10-2-5-12(18)6-3-10;1-2/h2-8H,9H2,1H3,(H,19,22);1-2H3. The highest BCUT2D eigenvalue weighted by atomic mass is 79.9. The fourth-order valence-electron chi connectivity index (χ4n) is 2.27. The Hall–Kier alpha value is -1.85. The molecule has 1 heterocycles. The molecule has 1 amide bonds. The molecule has 0 radical (unpaired) electrons. The quantitative estimate of drug-likeness (QED) is 0.667. The lowest BCUT2D eigenvalue weighted by Gasteiger charge is -2.04. The van der Waals surface area contributed by atoms with Gasteiger partial charge in [0.05, 0.1) is 5.52 Å². The van der Waals surface area contributed by atoms with Crippen molar-refractivity contribution in [3.05, 3.63) is 63.2 Å². The fraction of sp³-hybridized carbons (Fsp3) is 0.222. The highest BCUT2D eigenvalue weighted by Gasteiger charge is 2.15. The molecule has 126 valence electrons. The van der Waals surface area contributed by atoms with Crippen LogP contribution in [-0.4, -0.2) is 15.7 Å². The lowest BCUT2D eigenvalue weighted by atomic mass is 10.2. The number of aryl methyl sites for hydroxylation is 1. The molecule has 24 heavy (non-hydrogen) atoms. The molecule has 0 aliphatic heterocycles. The minimum absolute atomic E-state index is 0.192. The van der Waals surface area contributed by atoms with Gasteiger partial charge in [0.25, 0.3) is 5.91 Å². The smallest absolute Gasteiger partial charge is 0.272 e. The summed E-state index contributed by atoms with van der Waals surface area (Å²) >= 11 is 9.27. The normalized spacial score (nSPS) is 10.2. The van der Waals surface area contributed by atoms with Crippen molar-refractivity contribution >= 4 is 44.3 Å². The summed E-state index contributed by atoms with van der Waals surface area (Å²) in [6.07, 6.45) is 0. The number of carbonyl (C=O) groups excluding carboxylic acids is 1. The molecular weight excluding hydrogens is 390 g/mol. The number of fused-ring (bicyclic) bond motifs is 1. The van der Waals surface area contributed by atoms with Crippen molar-refractivity contribution in [3.8, 4) is 0 Å². The zero-order chi connectivity index (χ0) is 17.7. The van der Waals surface area contributed by atoms with Crippen LogP contribution in [0.25, 0.3) is 10.9 Å². The monoisotopic (exact) mass is 407 g/mol. The maximum atomic E-state index is 12.4. The lowest BCUT2D eigenvalue weighted by Crippen LogP contribution is -2.23. The second-order valence-electron chi connectivity index (χ2n) is 4.94. The fourth-order valence-corrected chi connectivity index (χ4v) is 2.74. The molecule has 0 saturated carbocycles. The Labute approximate surface area is 154 Å². The molecule has 3 rings (SSSR count). The van der Waals surface area contributed by atoms with Crippen LogP contribution in [0.1, 0.15) is 29.9 Å². The van der Waals surface area contributed by atoms with Gasteiger partial charge in [-0.3, -0.25) is 9.48 Å². The minimum atomic E-state index is -0.192. The van der Waals surface area contributed by atoms with Gasteiger partial charge in [-0.25, -0.2) is 0 Å². The van der Waals surface area contributed by atoms with E-state index < -0.39 is 0 Å². The third-order valence-corrected chi connectivity index (χ3v) is 4.14. The topological polar surface area (TPSA) is 46.9 Å². The highest BCUT2D eigenvalue weighted by Crippen LogP contribution is 2.22. The van der Waals surface area contributed by atoms with Gasteiger partial charge in [-0.2, -0.15) is 5.10 Å². The van der Waals surface area contributed by atoms with E-state index in [0.717, 1.165) is 20.9 Å². The molecule has 0 aliphatic carbocycles. The SMILES string of the molecule is CC.Cn1nc(C(=O)NCc2ccc(Cl)cc2)c2ccc(Br)cc21. The number of hydrogen-bond donors (Lipinski definition) is 1. The molecular formula is C18H19BrClN3O. The minimum Gasteiger partial charge on any atom is -0.347 e. The Bertz CT molecular complexity index is 843. The van der Waals surface area contributed by atoms with Gasteiger partial charge in [0.2, 0.25) is 0 Å². The Kier molecular flexibility index (Phi) is 6.40. The van der Waals surface area contributed by atoms with Gasteiger partial charge in [-0.1, -0.05) is 53.5 Å². The van der Waals surface area contributed by atoms with Crippen molar-refractivity contribution in [1.82, 2.24) is 15.1 Å². The number of carbonyl (C=O) groups is 1. The Balaban J connectivity index is 0.00000100. The third kappa shape index (κ3) is 4.16. The molecule has 0 saturated heterocycles. The van der Waals surface area contributed by atoms with Crippen LogP contribution >= 0.6 is 27.5 Å². The average molecular weight is 409 g/mol. The third-order valence-electron chi connectivity index (χ3n) is 3.39. The number of amides is 1. The Morgan fingerprint density at radius 1 is 1.21 bits per heavy atom. The summed E-state index contributed by atoms with van der Waals surface area (Å²) in [5.74, 6) is -0.192. The number of aromatic nitrogens is 2. The van der Waals surface area contributed by atoms with Gasteiger partial charge in [-0.15, -0.1) is 0 Å². The molecule has 0 spiro atoms. The summed E-state index contributed by atoms with van der Waals surface area (Å²) in [7, 11) is 1.82. The zero-order valence-electron chi connectivity index (χ0n) is 13.8. The van der Waals surface area contributed by atoms with Crippen LogP contribution in [0.2, 0.25) is 5.02 Å². The van der Waals surface area contributed by atoms with E-state index in [4.69, 9.17) is 11.6 Å². The summed E-state index contributed by atoms with van der Waals surface area (Å²) in [6, 6.07) is 13.1. The van der Waals surface area contributed by atoms with E-state index in [1.807, 2.05) is 51.2 Å². The average Bonchev–Trinajstić information content (AvgIpc) is 2.92. The maximum Gasteiger partial charge on any atom is 0.272 e. The Morgan fingerprint density at radius 3 is 2.54 bits per heavy atom. The van der Waals surface area contributed by atoms with Gasteiger partial charge >= 0.3 is 0 Å². The number of halogens is 2. The van der Waals surface area contributed by atoms with Crippen LogP contribution < -0.4 is 5.32 Å². The molecule has 0 aliphatic rings. The first-order chi connectivity index (χ1) is 11.5. The van der Waals surface area contributed by atoms with Crippen molar-refractivity contribution in [3.63, 3.8) is 0 Å². The molecule has 0 fully saturated rings. The summed E-state index contributed by atoms with van der Waals surface area (Å²) in [4.78, 5) is 12.4. The van der Waals surface area contributed by atoms with E-state index >= 15 is 0 Å². The van der Waals surface area contributed by atoms with E-state index in [-0.39, 0.29) is 5.91 Å². The number of hydrogen-bond acceptors (Lipinski definition) is 2. The van der Waals surface area contributed by atoms with E-state index in [9.17, 15) is 4.79 Å². The van der Waals surface area contributed by atoms with E-state index in [1.165, 1.54) is 0 Å². The van der Waals surface area contributed by atoms with Gasteiger partial charge in [0, 0.05) is 28.5 Å². The van der Waals surface area contributed by atoms with Crippen molar-refractivity contribution in [2.45, 2.75) is 20.4 Å². The molecule has 0 bridgehead atoms. The molecule has 1 aromatic heterocycles. The number of nitrogens with one attached hydrogen (secondary N) is 1. The van der Waals surface area contributed by atoms with Gasteiger partial charge in [-0.05, 0) is 35.9 Å². The van der Waals surface area contributed by atoms with E-state index in [2.05, 4.69) is 26.3 Å². The zero-order valence-corrected chi connectivity index (χ0v) is 16.1. The van der Waals surface area contributed by atoms with Gasteiger partial charge in [0.15, 0.2) is 5.69 Å². The van der Waals surface area contributed by atoms with Crippen molar-refractivity contribution < 1.29 is 4.79 Å². The second kappa shape index (κ2) is 8.31. The molecule has 3 aromatic rings. The maximum absolute atomic E-state index is 12.4. The predicted molar refractivity (Wildman–Crippen MR) is 102 cm³/mol. The van der Waals surface area contributed by atoms with Crippen molar-refractivity contribution in [2.24, 2.45) is 7.05 Å². The van der Waals surface area contributed by atoms with Crippen LogP contribution in [0, 0.1) is 0 Å². The second-order valence-corrected chi connectivity index (χ2v) is 6.29. The van der Waals surface area contributed by atoms with Crippen LogP contribution in [-0.2, 0) is 13.6 Å². The first kappa shape index (κ1) is 18.5. The molecule has 0 atom stereocenters. The van der Waals surface area contributed by atoms with Crippen molar-refractivity contribution in [2.75, 3.05) is 0 Å². The lowest BCUT2D eigenvalue weighted by molar-refractivity contribution is 0.0947. The first-order valence-electron chi connectivity index (χ1n) is 7.69. The summed E-state index contributed by atoms with van der Waals surface area (Å²) in [5, 5.41) is 8.71. The van der Waals surface area contributed by atoms with E-state index in [1.54, 1.807) is 16.8 Å². The summed E-state index contributed by atoms with van der Waals surface area (Å²) < 4.78 is 2.66. The van der Waals surface area contributed by atoms with Crippen LogP contribution in [0.15, 0.2) is 46.9 Å². The van der Waals surface area contributed by atoms with Crippen LogP contribution in [0.3, 0.4) is 0 Å². The first-order valence-corrected chi connectivity index (χ1v) is 8.86. The van der Waals surface area contributed by atoms with Gasteiger partial charge < -0.3 is 5.32 Å². The van der Waals surface area contributed by atoms with Crippen LogP contribution in [0.4, 0.5) is 0 Å². The molecule has 2 aromatic carbocycles. The molecule has 0 unspecified atom stereocenters. The van der Waals surface area contributed by atoms with Crippen molar-refractivity contribution in [1.29, 1.82) is 0 Å². The van der Waals surface area contributed by atoms with Crippen LogP contribution in [0.5, 0.6) is 0 Å². The molecule has 4 nitrogen and oxygen atoms in total. The van der Waals surface area contributed by atoms with E-state index in [0.29, 0.717) is 17.3 Å².